The Labute approximate surface area is 145 Å². The van der Waals surface area contributed by atoms with E-state index in [2.05, 4.69) is 0 Å². The molecule has 0 amide bonds. The predicted molar refractivity (Wildman–Crippen MR) is 93.9 cm³/mol. The molecule has 6 nitrogen and oxygen atoms in total. The van der Waals surface area contributed by atoms with Gasteiger partial charge in [-0.1, -0.05) is 30.3 Å². The third kappa shape index (κ3) is 6.12. The van der Waals surface area contributed by atoms with E-state index in [0.29, 0.717) is 30.2 Å². The van der Waals surface area contributed by atoms with Crippen LogP contribution >= 0.6 is 0 Å². The minimum atomic E-state index is -1.03. The number of carboxylic acids is 1. The molecule has 0 saturated carbocycles. The zero-order valence-electron chi connectivity index (χ0n) is 13.6. The van der Waals surface area contributed by atoms with Crippen LogP contribution in [0.2, 0.25) is 0 Å². The molecule has 6 heteroatoms. The number of hydrogen-bond acceptors (Lipinski definition) is 5. The molecule has 0 radical (unpaired) electrons. The number of rotatable bonds is 9. The summed E-state index contributed by atoms with van der Waals surface area (Å²) in [7, 11) is 0. The topological polar surface area (TPSA) is 98.9 Å². The van der Waals surface area contributed by atoms with Crippen molar-refractivity contribution in [1.29, 1.82) is 0 Å². The number of aliphatic carboxylic acids is 1. The van der Waals surface area contributed by atoms with Gasteiger partial charge in [0.25, 0.3) is 0 Å². The maximum absolute atomic E-state index is 12.2. The van der Waals surface area contributed by atoms with Crippen LogP contribution in [0.3, 0.4) is 0 Å². The van der Waals surface area contributed by atoms with E-state index in [1.54, 1.807) is 54.6 Å². The molecule has 0 aromatic heterocycles. The number of carbonyl (C=O) groups is 2. The number of carbonyl (C=O) groups excluding carboxylic acids is 1. The smallest absolute Gasteiger partial charge is 0.341 e. The number of ether oxygens (including phenoxy) is 2. The van der Waals surface area contributed by atoms with Crippen LogP contribution in [-0.4, -0.2) is 36.6 Å². The molecule has 0 atom stereocenters. The minimum Gasteiger partial charge on any atom is -0.492 e. The molecule has 0 aliphatic heterocycles. The highest BCUT2D eigenvalue weighted by Crippen LogP contribution is 2.16. The highest BCUT2D eigenvalue weighted by Gasteiger charge is 2.04. The zero-order valence-corrected chi connectivity index (χ0v) is 13.6. The van der Waals surface area contributed by atoms with Gasteiger partial charge in [-0.3, -0.25) is 4.79 Å². The van der Waals surface area contributed by atoms with E-state index in [1.165, 1.54) is 6.08 Å². The molecular weight excluding hydrogens is 322 g/mol. The van der Waals surface area contributed by atoms with Crippen molar-refractivity contribution in [3.63, 3.8) is 0 Å². The maximum atomic E-state index is 12.2. The lowest BCUT2D eigenvalue weighted by Gasteiger charge is -2.05. The van der Waals surface area contributed by atoms with Crippen LogP contribution in [0.5, 0.6) is 11.5 Å². The second kappa shape index (κ2) is 9.24. The van der Waals surface area contributed by atoms with Gasteiger partial charge in [0.15, 0.2) is 12.4 Å². The van der Waals surface area contributed by atoms with E-state index in [-0.39, 0.29) is 5.78 Å². The first-order valence-corrected chi connectivity index (χ1v) is 7.68. The molecule has 0 saturated heterocycles. The Morgan fingerprint density at radius 3 is 2.48 bits per heavy atom. The second-order valence-electron chi connectivity index (χ2n) is 5.11. The third-order valence-electron chi connectivity index (χ3n) is 3.17. The molecule has 0 bridgehead atoms. The van der Waals surface area contributed by atoms with Gasteiger partial charge >= 0.3 is 5.97 Å². The Morgan fingerprint density at radius 1 is 1.04 bits per heavy atom. The van der Waals surface area contributed by atoms with Crippen molar-refractivity contribution in [1.82, 2.24) is 0 Å². The summed E-state index contributed by atoms with van der Waals surface area (Å²) < 4.78 is 10.5. The van der Waals surface area contributed by atoms with E-state index in [0.717, 1.165) is 5.56 Å². The fourth-order valence-electron chi connectivity index (χ4n) is 2.00. The van der Waals surface area contributed by atoms with Gasteiger partial charge in [0.1, 0.15) is 18.1 Å². The molecule has 0 aliphatic carbocycles. The predicted octanol–water partition coefficient (Wildman–Crippen LogP) is 2.38. The molecule has 0 aliphatic rings. The Morgan fingerprint density at radius 2 is 1.80 bits per heavy atom. The highest BCUT2D eigenvalue weighted by atomic mass is 16.5. The molecule has 25 heavy (non-hydrogen) atoms. The standard InChI is InChI=1S/C19H19NO5/c20-10-11-24-17-3-1-2-15(12-17)18(21)9-6-14-4-7-16(8-5-14)25-13-19(22)23/h1-9,12H,10-11,13,20H2,(H,22,23). The maximum Gasteiger partial charge on any atom is 0.341 e. The minimum absolute atomic E-state index is 0.149. The summed E-state index contributed by atoms with van der Waals surface area (Å²) in [5.41, 5.74) is 6.71. The summed E-state index contributed by atoms with van der Waals surface area (Å²) in [6.45, 7) is 0.407. The molecule has 2 rings (SSSR count). The first kappa shape index (κ1) is 18.2. The molecule has 3 N–H and O–H groups in total. The zero-order chi connectivity index (χ0) is 18.1. The van der Waals surface area contributed by atoms with Crippen molar-refractivity contribution in [3.05, 3.63) is 65.7 Å². The quantitative estimate of drug-likeness (QED) is 0.537. The number of hydrogen-bond donors (Lipinski definition) is 2. The number of allylic oxidation sites excluding steroid dienone is 1. The van der Waals surface area contributed by atoms with E-state index in [4.69, 9.17) is 20.3 Å². The molecule has 0 unspecified atom stereocenters. The summed E-state index contributed by atoms with van der Waals surface area (Å²) in [5.74, 6) is -0.128. The molecular formula is C19H19NO5. The van der Waals surface area contributed by atoms with E-state index in [1.807, 2.05) is 0 Å². The number of benzene rings is 2. The molecule has 0 spiro atoms. The Kier molecular flexibility index (Phi) is 6.74. The SMILES string of the molecule is NCCOc1cccc(C(=O)C=Cc2ccc(OCC(=O)O)cc2)c1. The van der Waals surface area contributed by atoms with Crippen LogP contribution < -0.4 is 15.2 Å². The van der Waals surface area contributed by atoms with Gasteiger partial charge < -0.3 is 20.3 Å². The van der Waals surface area contributed by atoms with Crippen LogP contribution in [0.1, 0.15) is 15.9 Å². The monoisotopic (exact) mass is 341 g/mol. The van der Waals surface area contributed by atoms with Gasteiger partial charge in [0.05, 0.1) is 0 Å². The van der Waals surface area contributed by atoms with Gasteiger partial charge in [0, 0.05) is 12.1 Å². The average Bonchev–Trinajstić information content (AvgIpc) is 2.63. The van der Waals surface area contributed by atoms with Gasteiger partial charge in [-0.25, -0.2) is 4.79 Å². The van der Waals surface area contributed by atoms with Crippen molar-refractivity contribution in [3.8, 4) is 11.5 Å². The summed E-state index contributed by atoms with van der Waals surface area (Å²) in [4.78, 5) is 22.7. The lowest BCUT2D eigenvalue weighted by Crippen LogP contribution is -2.10. The highest BCUT2D eigenvalue weighted by molar-refractivity contribution is 6.07. The summed E-state index contributed by atoms with van der Waals surface area (Å²) >= 11 is 0. The lowest BCUT2D eigenvalue weighted by atomic mass is 10.1. The first-order chi connectivity index (χ1) is 12.1. The largest absolute Gasteiger partial charge is 0.492 e. The number of carboxylic acid groups (broad SMARTS) is 1. The second-order valence-corrected chi connectivity index (χ2v) is 5.11. The fraction of sp³-hybridized carbons (Fsp3) is 0.158. The van der Waals surface area contributed by atoms with Crippen LogP contribution in [-0.2, 0) is 4.79 Å². The fourth-order valence-corrected chi connectivity index (χ4v) is 2.00. The molecule has 130 valence electrons. The van der Waals surface area contributed by atoms with Crippen molar-refractivity contribution in [2.75, 3.05) is 19.8 Å². The Balaban J connectivity index is 1.98. The van der Waals surface area contributed by atoms with Crippen LogP contribution in [0.4, 0.5) is 0 Å². The average molecular weight is 341 g/mol. The van der Waals surface area contributed by atoms with E-state index >= 15 is 0 Å². The van der Waals surface area contributed by atoms with Crippen LogP contribution in [0.15, 0.2) is 54.6 Å². The van der Waals surface area contributed by atoms with E-state index in [9.17, 15) is 9.59 Å². The van der Waals surface area contributed by atoms with Crippen LogP contribution in [0.25, 0.3) is 6.08 Å². The number of nitrogens with two attached hydrogens (primary N) is 1. The van der Waals surface area contributed by atoms with Gasteiger partial charge in [-0.05, 0) is 35.9 Å². The van der Waals surface area contributed by atoms with Gasteiger partial charge in [0.2, 0.25) is 0 Å². The van der Waals surface area contributed by atoms with Crippen LogP contribution in [0, 0.1) is 0 Å². The number of ketones is 1. The Bertz CT molecular complexity index is 753. The third-order valence-corrected chi connectivity index (χ3v) is 3.17. The van der Waals surface area contributed by atoms with E-state index < -0.39 is 12.6 Å². The Hall–Kier alpha value is -3.12. The molecule has 0 heterocycles. The summed E-state index contributed by atoms with van der Waals surface area (Å²) in [6.07, 6.45) is 3.14. The van der Waals surface area contributed by atoms with Crippen molar-refractivity contribution >= 4 is 17.8 Å². The molecule has 2 aromatic carbocycles. The normalized spacial score (nSPS) is 10.6. The molecule has 2 aromatic rings. The van der Waals surface area contributed by atoms with Gasteiger partial charge in [-0.15, -0.1) is 0 Å². The first-order valence-electron chi connectivity index (χ1n) is 7.68. The molecule has 0 fully saturated rings. The van der Waals surface area contributed by atoms with Crippen molar-refractivity contribution < 1.29 is 24.2 Å². The summed E-state index contributed by atoms with van der Waals surface area (Å²) in [5, 5.41) is 8.56. The van der Waals surface area contributed by atoms with Gasteiger partial charge in [-0.2, -0.15) is 0 Å². The van der Waals surface area contributed by atoms with Crippen molar-refractivity contribution in [2.24, 2.45) is 5.73 Å². The van der Waals surface area contributed by atoms with Crippen molar-refractivity contribution in [2.45, 2.75) is 0 Å². The lowest BCUT2D eigenvalue weighted by molar-refractivity contribution is -0.139. The summed E-state index contributed by atoms with van der Waals surface area (Å²) in [6, 6.07) is 13.7.